The Morgan fingerprint density at radius 1 is 1.06 bits per heavy atom. The standard InChI is InChI=1S/C26H33F3IN3O2/c1-2-33(17-9-15-31-24(30)35)16-8-7-14-25(23(34)32-18-26(27,28)29)21-12-5-3-10-19(21)20-11-4-6-13-22(20)25/h3-6,10-13,19,21H,2,7-9,14-18H2,1H3,(H,31,35)(H,32,34). The number of benzene rings is 1. The van der Waals surface area contributed by atoms with E-state index >= 15 is 0 Å². The monoisotopic (exact) mass is 603 g/mol. The van der Waals surface area contributed by atoms with Gasteiger partial charge in [0, 0.05) is 41.0 Å². The zero-order valence-electron chi connectivity index (χ0n) is 19.9. The Bertz CT molecular complexity index is 950. The predicted octanol–water partition coefficient (Wildman–Crippen LogP) is 5.47. The zero-order valence-corrected chi connectivity index (χ0v) is 22.1. The first-order valence-corrected chi connectivity index (χ1v) is 13.2. The largest absolute Gasteiger partial charge is 0.405 e. The number of alkyl halides is 3. The summed E-state index contributed by atoms with van der Waals surface area (Å²) in [7, 11) is 0. The molecule has 0 fully saturated rings. The summed E-state index contributed by atoms with van der Waals surface area (Å²) in [5, 5.41) is 5.01. The molecule has 5 nitrogen and oxygen atoms in total. The molecule has 0 heterocycles. The number of nitrogens with zero attached hydrogens (tertiary/aromatic N) is 1. The van der Waals surface area contributed by atoms with Crippen LogP contribution in [0.25, 0.3) is 0 Å². The number of amides is 2. The van der Waals surface area contributed by atoms with Crippen molar-refractivity contribution in [2.24, 2.45) is 5.92 Å². The van der Waals surface area contributed by atoms with E-state index in [4.69, 9.17) is 0 Å². The molecule has 0 bridgehead atoms. The van der Waals surface area contributed by atoms with E-state index in [1.807, 2.05) is 42.5 Å². The van der Waals surface area contributed by atoms with Crippen LogP contribution in [-0.4, -0.2) is 53.6 Å². The molecule has 0 aromatic heterocycles. The maximum absolute atomic E-state index is 13.5. The fourth-order valence-corrected chi connectivity index (χ4v) is 5.70. The highest BCUT2D eigenvalue weighted by Gasteiger charge is 2.55. The van der Waals surface area contributed by atoms with Crippen molar-refractivity contribution in [2.75, 3.05) is 32.7 Å². The van der Waals surface area contributed by atoms with Crippen molar-refractivity contribution in [3.05, 3.63) is 59.7 Å². The highest BCUT2D eigenvalue weighted by atomic mass is 127. The molecule has 0 aliphatic heterocycles. The molecule has 0 spiro atoms. The van der Waals surface area contributed by atoms with E-state index in [0.717, 1.165) is 50.0 Å². The molecule has 3 atom stereocenters. The van der Waals surface area contributed by atoms with Crippen molar-refractivity contribution in [1.29, 1.82) is 0 Å². The quantitative estimate of drug-likeness (QED) is 0.144. The summed E-state index contributed by atoms with van der Waals surface area (Å²) in [5.41, 5.74) is 0.829. The topological polar surface area (TPSA) is 61.4 Å². The van der Waals surface area contributed by atoms with Crippen molar-refractivity contribution in [1.82, 2.24) is 15.5 Å². The molecule has 0 radical (unpaired) electrons. The summed E-state index contributed by atoms with van der Waals surface area (Å²) in [6.45, 7) is 3.94. The molecule has 1 aromatic rings. The van der Waals surface area contributed by atoms with Crippen LogP contribution in [0.4, 0.5) is 18.0 Å². The van der Waals surface area contributed by atoms with Crippen molar-refractivity contribution in [2.45, 2.75) is 50.1 Å². The molecule has 1 aromatic carbocycles. The van der Waals surface area contributed by atoms with Crippen LogP contribution in [0.1, 0.15) is 49.7 Å². The lowest BCUT2D eigenvalue weighted by Crippen LogP contribution is -2.50. The molecule has 3 unspecified atom stereocenters. The Labute approximate surface area is 218 Å². The Hall–Kier alpha value is -1.88. The molecular formula is C26H33F3IN3O2. The minimum Gasteiger partial charge on any atom is -0.347 e. The first-order valence-electron chi connectivity index (χ1n) is 12.1. The number of halogens is 4. The average molecular weight is 603 g/mol. The third-order valence-corrected chi connectivity index (χ3v) is 7.40. The molecule has 2 aliphatic rings. The molecule has 3 rings (SSSR count). The van der Waals surface area contributed by atoms with E-state index in [2.05, 4.69) is 28.5 Å². The number of allylic oxidation sites excluding steroid dienone is 4. The summed E-state index contributed by atoms with van der Waals surface area (Å²) in [6, 6.07) is 7.68. The normalized spacial score (nSPS) is 22.7. The van der Waals surface area contributed by atoms with Gasteiger partial charge < -0.3 is 15.5 Å². The number of hydrogen-bond acceptors (Lipinski definition) is 3. The number of fused-ring (bicyclic) bond motifs is 3. The van der Waals surface area contributed by atoms with Crippen LogP contribution in [0.5, 0.6) is 0 Å². The van der Waals surface area contributed by atoms with Gasteiger partial charge in [0.25, 0.3) is 3.91 Å². The Balaban J connectivity index is 1.73. The van der Waals surface area contributed by atoms with Crippen LogP contribution < -0.4 is 10.6 Å². The van der Waals surface area contributed by atoms with Crippen LogP contribution in [0.3, 0.4) is 0 Å². The Kier molecular flexibility index (Phi) is 9.80. The number of rotatable bonds is 12. The minimum absolute atomic E-state index is 0.0203. The lowest BCUT2D eigenvalue weighted by atomic mass is 9.67. The Morgan fingerprint density at radius 2 is 1.77 bits per heavy atom. The molecule has 9 heteroatoms. The zero-order chi connectivity index (χ0) is 25.5. The molecule has 0 saturated carbocycles. The molecular weight excluding hydrogens is 570 g/mol. The van der Waals surface area contributed by atoms with E-state index in [1.165, 1.54) is 0 Å². The SMILES string of the molecule is CCN(CCCCC1(C(=O)NCC(F)(F)F)c2ccccc2C2C=CC=CC21)CCCNC(=O)I. The van der Waals surface area contributed by atoms with Gasteiger partial charge in [-0.25, -0.2) is 0 Å². The fraction of sp³-hybridized carbons (Fsp3) is 0.538. The summed E-state index contributed by atoms with van der Waals surface area (Å²) in [5.74, 6) is -0.776. The van der Waals surface area contributed by atoms with Crippen molar-refractivity contribution in [3.8, 4) is 0 Å². The summed E-state index contributed by atoms with van der Waals surface area (Å²) < 4.78 is 38.9. The second-order valence-corrected chi connectivity index (χ2v) is 10.1. The van der Waals surface area contributed by atoms with Gasteiger partial charge in [-0.15, -0.1) is 0 Å². The number of hydrogen-bond donors (Lipinski definition) is 2. The van der Waals surface area contributed by atoms with E-state index in [1.54, 1.807) is 22.6 Å². The first kappa shape index (κ1) is 27.7. The summed E-state index contributed by atoms with van der Waals surface area (Å²) in [4.78, 5) is 26.9. The van der Waals surface area contributed by atoms with Gasteiger partial charge in [-0.1, -0.05) is 61.9 Å². The maximum atomic E-state index is 13.5. The fourth-order valence-electron chi connectivity index (χ4n) is 5.43. The third kappa shape index (κ3) is 6.87. The molecule has 192 valence electrons. The molecule has 35 heavy (non-hydrogen) atoms. The van der Waals surface area contributed by atoms with Crippen LogP contribution in [0.15, 0.2) is 48.6 Å². The molecule has 2 N–H and O–H groups in total. The smallest absolute Gasteiger partial charge is 0.347 e. The van der Waals surface area contributed by atoms with Gasteiger partial charge in [-0.3, -0.25) is 9.59 Å². The van der Waals surface area contributed by atoms with Crippen molar-refractivity contribution >= 4 is 32.4 Å². The van der Waals surface area contributed by atoms with Gasteiger partial charge in [0.2, 0.25) is 5.91 Å². The summed E-state index contributed by atoms with van der Waals surface area (Å²) >= 11 is 1.72. The van der Waals surface area contributed by atoms with E-state index in [9.17, 15) is 22.8 Å². The minimum atomic E-state index is -4.46. The second-order valence-electron chi connectivity index (χ2n) is 9.12. The number of nitrogens with one attached hydrogen (secondary N) is 2. The number of unbranched alkanes of at least 4 members (excludes halogenated alkanes) is 1. The first-order chi connectivity index (χ1) is 16.7. The lowest BCUT2D eigenvalue weighted by Gasteiger charge is -2.36. The van der Waals surface area contributed by atoms with Gasteiger partial charge in [0.15, 0.2) is 0 Å². The predicted molar refractivity (Wildman–Crippen MR) is 140 cm³/mol. The van der Waals surface area contributed by atoms with E-state index in [0.29, 0.717) is 13.0 Å². The molecule has 2 amide bonds. The van der Waals surface area contributed by atoms with E-state index in [-0.39, 0.29) is 15.7 Å². The van der Waals surface area contributed by atoms with Gasteiger partial charge >= 0.3 is 6.18 Å². The van der Waals surface area contributed by atoms with Crippen LogP contribution >= 0.6 is 22.6 Å². The van der Waals surface area contributed by atoms with Gasteiger partial charge in [0.05, 0.1) is 5.41 Å². The molecule has 2 aliphatic carbocycles. The van der Waals surface area contributed by atoms with Gasteiger partial charge in [0.1, 0.15) is 6.54 Å². The van der Waals surface area contributed by atoms with Crippen LogP contribution in [-0.2, 0) is 10.2 Å². The Morgan fingerprint density at radius 3 is 2.49 bits per heavy atom. The highest BCUT2D eigenvalue weighted by Crippen LogP contribution is 2.55. The average Bonchev–Trinajstić information content (AvgIpc) is 3.12. The second kappa shape index (κ2) is 12.4. The van der Waals surface area contributed by atoms with Crippen LogP contribution in [0.2, 0.25) is 0 Å². The molecule has 0 saturated heterocycles. The maximum Gasteiger partial charge on any atom is 0.405 e. The third-order valence-electron chi connectivity index (χ3n) is 7.02. The van der Waals surface area contributed by atoms with Crippen LogP contribution in [0, 0.1) is 5.92 Å². The van der Waals surface area contributed by atoms with Gasteiger partial charge in [-0.05, 0) is 50.0 Å². The highest BCUT2D eigenvalue weighted by molar-refractivity contribution is 14.1. The lowest BCUT2D eigenvalue weighted by molar-refractivity contribution is -0.143. The summed E-state index contributed by atoms with van der Waals surface area (Å²) in [6.07, 6.45) is 6.29. The number of carbonyl (C=O) groups is 2. The van der Waals surface area contributed by atoms with Gasteiger partial charge in [-0.2, -0.15) is 13.2 Å². The van der Waals surface area contributed by atoms with E-state index < -0.39 is 24.0 Å². The number of carbonyl (C=O) groups excluding carboxylic acids is 2. The van der Waals surface area contributed by atoms with Crippen molar-refractivity contribution < 1.29 is 22.8 Å². The van der Waals surface area contributed by atoms with Crippen molar-refractivity contribution in [3.63, 3.8) is 0 Å².